The first-order chi connectivity index (χ1) is 8.13. The first-order valence-corrected chi connectivity index (χ1v) is 6.84. The van der Waals surface area contributed by atoms with Crippen LogP contribution in [0.4, 0.5) is 11.4 Å². The van der Waals surface area contributed by atoms with E-state index in [0.717, 1.165) is 40.7 Å². The van der Waals surface area contributed by atoms with Gasteiger partial charge in [-0.2, -0.15) is 0 Å². The van der Waals surface area contributed by atoms with Crippen molar-refractivity contribution in [1.82, 2.24) is 0 Å². The van der Waals surface area contributed by atoms with Gasteiger partial charge in [-0.1, -0.05) is 36.2 Å². The van der Waals surface area contributed by atoms with Gasteiger partial charge in [0.05, 0.1) is 16.8 Å². The van der Waals surface area contributed by atoms with Crippen molar-refractivity contribution in [2.24, 2.45) is 0 Å². The van der Waals surface area contributed by atoms with Crippen LogP contribution in [0.15, 0.2) is 16.6 Å². The highest BCUT2D eigenvalue weighted by Gasteiger charge is 2.49. The average molecular weight is 297 g/mol. The Morgan fingerprint density at radius 1 is 1.35 bits per heavy atom. The van der Waals surface area contributed by atoms with Gasteiger partial charge in [0.1, 0.15) is 0 Å². The molecule has 1 aromatic rings. The molecular weight excluding hydrogens is 280 g/mol. The minimum absolute atomic E-state index is 0.112. The van der Waals surface area contributed by atoms with Crippen LogP contribution in [0, 0.1) is 0 Å². The minimum Gasteiger partial charge on any atom is -0.397 e. The predicted molar refractivity (Wildman–Crippen MR) is 74.1 cm³/mol. The molecular formula is C13H17BrN2O. The normalized spacial score (nSPS) is 18.9. The topological polar surface area (TPSA) is 55.1 Å². The molecule has 4 heteroatoms. The third-order valence-electron chi connectivity index (χ3n) is 3.55. The summed E-state index contributed by atoms with van der Waals surface area (Å²) in [5.41, 5.74) is 8.17. The summed E-state index contributed by atoms with van der Waals surface area (Å²) < 4.78 is 0.980. The number of fused-ring (bicyclic) bond motifs is 3. The standard InChI is InChI=1S/C11H11BrN2O.C2H6/c12-6-4-7-9(13)8(5-6)14-10(15)11(7)2-1-3-11;1-2/h4-5H,1-3,13H2,(H,14,15);1-2H3. The van der Waals surface area contributed by atoms with Crippen LogP contribution in [0.25, 0.3) is 0 Å². The molecule has 0 radical (unpaired) electrons. The molecule has 17 heavy (non-hydrogen) atoms. The van der Waals surface area contributed by atoms with E-state index in [1.807, 2.05) is 26.0 Å². The first-order valence-electron chi connectivity index (χ1n) is 6.04. The maximum absolute atomic E-state index is 12.0. The summed E-state index contributed by atoms with van der Waals surface area (Å²) in [6.45, 7) is 4.00. The second kappa shape index (κ2) is 4.33. The van der Waals surface area contributed by atoms with Crippen molar-refractivity contribution in [2.75, 3.05) is 11.1 Å². The Hall–Kier alpha value is -1.03. The van der Waals surface area contributed by atoms with E-state index < -0.39 is 0 Å². The zero-order valence-electron chi connectivity index (χ0n) is 10.1. The second-order valence-corrected chi connectivity index (χ2v) is 5.22. The fraction of sp³-hybridized carbons (Fsp3) is 0.462. The van der Waals surface area contributed by atoms with E-state index in [4.69, 9.17) is 5.73 Å². The van der Waals surface area contributed by atoms with E-state index in [1.165, 1.54) is 0 Å². The summed E-state index contributed by atoms with van der Waals surface area (Å²) >= 11 is 3.44. The molecule has 0 saturated heterocycles. The quantitative estimate of drug-likeness (QED) is 0.721. The van der Waals surface area contributed by atoms with Crippen LogP contribution in [0.1, 0.15) is 38.7 Å². The third-order valence-corrected chi connectivity index (χ3v) is 4.01. The van der Waals surface area contributed by atoms with Gasteiger partial charge < -0.3 is 11.1 Å². The van der Waals surface area contributed by atoms with Crippen LogP contribution in [0.5, 0.6) is 0 Å². The summed E-state index contributed by atoms with van der Waals surface area (Å²) in [5.74, 6) is 0.112. The zero-order chi connectivity index (χ0) is 12.6. The number of anilines is 2. The number of nitrogens with one attached hydrogen (secondary N) is 1. The molecule has 1 spiro atoms. The van der Waals surface area contributed by atoms with E-state index in [2.05, 4.69) is 21.2 Å². The highest BCUT2D eigenvalue weighted by atomic mass is 79.9. The number of halogens is 1. The molecule has 3 N–H and O–H groups in total. The molecule has 1 saturated carbocycles. The lowest BCUT2D eigenvalue weighted by Gasteiger charge is -2.44. The van der Waals surface area contributed by atoms with Gasteiger partial charge >= 0.3 is 0 Å². The van der Waals surface area contributed by atoms with Crippen LogP contribution in [-0.4, -0.2) is 5.91 Å². The summed E-state index contributed by atoms with van der Waals surface area (Å²) in [4.78, 5) is 12.0. The Kier molecular flexibility index (Phi) is 3.17. The van der Waals surface area contributed by atoms with E-state index in [0.29, 0.717) is 0 Å². The average Bonchev–Trinajstić information content (AvgIpc) is 2.23. The van der Waals surface area contributed by atoms with Crippen LogP contribution in [-0.2, 0) is 10.2 Å². The van der Waals surface area contributed by atoms with Crippen molar-refractivity contribution < 1.29 is 4.79 Å². The highest BCUT2D eigenvalue weighted by Crippen LogP contribution is 2.51. The number of carbonyl (C=O) groups excluding carboxylic acids is 1. The lowest BCUT2D eigenvalue weighted by molar-refractivity contribution is -0.124. The molecule has 1 aliphatic carbocycles. The van der Waals surface area contributed by atoms with E-state index >= 15 is 0 Å². The van der Waals surface area contributed by atoms with Crippen LogP contribution < -0.4 is 11.1 Å². The molecule has 1 aromatic carbocycles. The molecule has 2 bridgehead atoms. The predicted octanol–water partition coefficient (Wildman–Crippen LogP) is 3.43. The summed E-state index contributed by atoms with van der Waals surface area (Å²) in [6, 6.07) is 3.83. The van der Waals surface area contributed by atoms with Crippen molar-refractivity contribution in [2.45, 2.75) is 38.5 Å². The smallest absolute Gasteiger partial charge is 0.235 e. The van der Waals surface area contributed by atoms with Crippen molar-refractivity contribution in [3.8, 4) is 0 Å². The number of carbonyl (C=O) groups is 1. The Morgan fingerprint density at radius 3 is 2.53 bits per heavy atom. The number of hydrogen-bond donors (Lipinski definition) is 2. The van der Waals surface area contributed by atoms with E-state index in [9.17, 15) is 4.79 Å². The fourth-order valence-electron chi connectivity index (χ4n) is 2.51. The van der Waals surface area contributed by atoms with Gasteiger partial charge in [-0.3, -0.25) is 4.79 Å². The number of nitrogen functional groups attached to an aromatic ring is 1. The summed E-state index contributed by atoms with van der Waals surface area (Å²) in [7, 11) is 0. The number of benzene rings is 1. The van der Waals surface area contributed by atoms with Crippen molar-refractivity contribution in [3.63, 3.8) is 0 Å². The maximum atomic E-state index is 12.0. The Morgan fingerprint density at radius 2 is 2.00 bits per heavy atom. The van der Waals surface area contributed by atoms with Gasteiger partial charge in [0, 0.05) is 4.47 Å². The zero-order valence-corrected chi connectivity index (χ0v) is 11.7. The largest absolute Gasteiger partial charge is 0.397 e. The maximum Gasteiger partial charge on any atom is 0.235 e. The Labute approximate surface area is 110 Å². The van der Waals surface area contributed by atoms with Gasteiger partial charge in [-0.15, -0.1) is 0 Å². The van der Waals surface area contributed by atoms with Gasteiger partial charge in [0.15, 0.2) is 0 Å². The number of hydrogen-bond acceptors (Lipinski definition) is 2. The lowest BCUT2D eigenvalue weighted by atomic mass is 9.62. The molecule has 0 atom stereocenters. The van der Waals surface area contributed by atoms with Crippen LogP contribution >= 0.6 is 15.9 Å². The number of rotatable bonds is 0. The Bertz CT molecular complexity index is 467. The molecule has 1 aliphatic heterocycles. The second-order valence-electron chi connectivity index (χ2n) is 4.30. The molecule has 1 heterocycles. The summed E-state index contributed by atoms with van der Waals surface area (Å²) in [6.07, 6.45) is 2.94. The van der Waals surface area contributed by atoms with E-state index in [-0.39, 0.29) is 11.3 Å². The van der Waals surface area contributed by atoms with E-state index in [1.54, 1.807) is 0 Å². The van der Waals surface area contributed by atoms with Crippen molar-refractivity contribution >= 4 is 33.2 Å². The molecule has 0 aromatic heterocycles. The minimum atomic E-state index is -0.332. The molecule has 0 unspecified atom stereocenters. The van der Waals surface area contributed by atoms with Crippen molar-refractivity contribution in [1.29, 1.82) is 0 Å². The van der Waals surface area contributed by atoms with Crippen LogP contribution in [0.3, 0.4) is 0 Å². The SMILES string of the molecule is CC.Nc1c2cc(Br)cc1C1(CCC1)C(=O)N2. The molecule has 92 valence electrons. The molecule has 1 amide bonds. The summed E-state index contributed by atoms with van der Waals surface area (Å²) in [5, 5.41) is 2.89. The Balaban J connectivity index is 0.000000514. The molecule has 2 aliphatic rings. The molecule has 3 nitrogen and oxygen atoms in total. The van der Waals surface area contributed by atoms with Crippen molar-refractivity contribution in [3.05, 3.63) is 22.2 Å². The number of nitrogens with two attached hydrogens (primary N) is 1. The first kappa shape index (κ1) is 12.4. The van der Waals surface area contributed by atoms with Gasteiger partial charge in [-0.05, 0) is 30.5 Å². The fourth-order valence-corrected chi connectivity index (χ4v) is 2.97. The highest BCUT2D eigenvalue weighted by molar-refractivity contribution is 9.10. The van der Waals surface area contributed by atoms with Crippen LogP contribution in [0.2, 0.25) is 0 Å². The van der Waals surface area contributed by atoms with Gasteiger partial charge in [0.25, 0.3) is 0 Å². The molecule has 3 rings (SSSR count). The third kappa shape index (κ3) is 1.66. The van der Waals surface area contributed by atoms with Gasteiger partial charge in [-0.25, -0.2) is 0 Å². The monoisotopic (exact) mass is 296 g/mol. The van der Waals surface area contributed by atoms with Gasteiger partial charge in [0.2, 0.25) is 5.91 Å². The number of amides is 1. The lowest BCUT2D eigenvalue weighted by Crippen LogP contribution is -2.48. The molecule has 1 fully saturated rings.